The van der Waals surface area contributed by atoms with Crippen molar-refractivity contribution in [3.05, 3.63) is 75.2 Å². The molecule has 0 unspecified atom stereocenters. The molecule has 0 aliphatic heterocycles. The first-order valence-electron chi connectivity index (χ1n) is 7.77. The van der Waals surface area contributed by atoms with E-state index in [-0.39, 0.29) is 12.3 Å². The molecule has 1 aromatic heterocycles. The van der Waals surface area contributed by atoms with E-state index in [1.807, 2.05) is 36.6 Å². The van der Waals surface area contributed by atoms with Gasteiger partial charge in [0.2, 0.25) is 5.91 Å². The minimum absolute atomic E-state index is 0.112. The van der Waals surface area contributed by atoms with Gasteiger partial charge in [0.15, 0.2) is 0 Å². The molecule has 2 aromatic carbocycles. The number of hydrogen-bond acceptors (Lipinski definition) is 4. The lowest BCUT2D eigenvalue weighted by molar-refractivity contribution is -0.115. The van der Waals surface area contributed by atoms with Gasteiger partial charge in [-0.1, -0.05) is 23.7 Å². The maximum Gasteiger partial charge on any atom is 0.230 e. The van der Waals surface area contributed by atoms with Gasteiger partial charge in [-0.25, -0.2) is 4.98 Å². The van der Waals surface area contributed by atoms with E-state index in [4.69, 9.17) is 16.3 Å². The molecule has 0 fully saturated rings. The molecule has 25 heavy (non-hydrogen) atoms. The van der Waals surface area contributed by atoms with Crippen molar-refractivity contribution < 1.29 is 9.53 Å². The van der Waals surface area contributed by atoms with Crippen LogP contribution in [-0.4, -0.2) is 10.9 Å². The largest absolute Gasteiger partial charge is 0.486 e. The van der Waals surface area contributed by atoms with Crippen LogP contribution in [0.4, 0.5) is 5.69 Å². The molecule has 3 rings (SSSR count). The molecular weight excluding hydrogens is 356 g/mol. The molecule has 1 N–H and O–H groups in total. The third-order valence-corrected chi connectivity index (χ3v) is 4.54. The van der Waals surface area contributed by atoms with Crippen LogP contribution < -0.4 is 10.1 Å². The van der Waals surface area contributed by atoms with Gasteiger partial charge >= 0.3 is 0 Å². The predicted octanol–water partition coefficient (Wildman–Crippen LogP) is 4.87. The van der Waals surface area contributed by atoms with Gasteiger partial charge in [-0.3, -0.25) is 4.79 Å². The van der Waals surface area contributed by atoms with E-state index in [9.17, 15) is 4.79 Å². The summed E-state index contributed by atoms with van der Waals surface area (Å²) in [6.07, 6.45) is 0.226. The van der Waals surface area contributed by atoms with Crippen LogP contribution in [0.3, 0.4) is 0 Å². The van der Waals surface area contributed by atoms with Gasteiger partial charge in [-0.2, -0.15) is 0 Å². The summed E-state index contributed by atoms with van der Waals surface area (Å²) in [7, 11) is 0. The van der Waals surface area contributed by atoms with Crippen molar-refractivity contribution in [1.82, 2.24) is 4.98 Å². The van der Waals surface area contributed by atoms with Crippen molar-refractivity contribution in [2.75, 3.05) is 5.32 Å². The minimum atomic E-state index is -0.112. The molecule has 0 saturated carbocycles. The molecule has 1 amide bonds. The molecule has 0 aliphatic rings. The molecule has 0 saturated heterocycles. The van der Waals surface area contributed by atoms with Crippen LogP contribution in [-0.2, 0) is 17.8 Å². The highest BCUT2D eigenvalue weighted by molar-refractivity contribution is 7.09. The van der Waals surface area contributed by atoms with Crippen LogP contribution in [0.5, 0.6) is 5.75 Å². The summed E-state index contributed by atoms with van der Waals surface area (Å²) in [6.45, 7) is 2.42. The van der Waals surface area contributed by atoms with Crippen LogP contribution in [0.2, 0.25) is 5.02 Å². The number of carbonyl (C=O) groups excluding carboxylic acids is 1. The number of hydrogen-bond donors (Lipinski definition) is 1. The third-order valence-electron chi connectivity index (χ3n) is 3.42. The zero-order valence-corrected chi connectivity index (χ0v) is 15.2. The second kappa shape index (κ2) is 8.14. The average molecular weight is 373 g/mol. The number of carbonyl (C=O) groups is 1. The molecule has 6 heteroatoms. The summed E-state index contributed by atoms with van der Waals surface area (Å²) in [6, 6.07) is 14.9. The number of aromatic nitrogens is 1. The van der Waals surface area contributed by atoms with Crippen molar-refractivity contribution in [2.24, 2.45) is 0 Å². The lowest BCUT2D eigenvalue weighted by atomic mass is 10.2. The second-order valence-electron chi connectivity index (χ2n) is 5.57. The molecule has 3 aromatic rings. The topological polar surface area (TPSA) is 51.2 Å². The smallest absolute Gasteiger partial charge is 0.230 e. The Kier molecular flexibility index (Phi) is 5.68. The van der Waals surface area contributed by atoms with Crippen LogP contribution in [0.1, 0.15) is 16.3 Å². The van der Waals surface area contributed by atoms with E-state index in [2.05, 4.69) is 10.3 Å². The summed E-state index contributed by atoms with van der Waals surface area (Å²) in [4.78, 5) is 16.5. The lowest BCUT2D eigenvalue weighted by Gasteiger charge is -2.05. The van der Waals surface area contributed by atoms with Gasteiger partial charge in [0.25, 0.3) is 0 Å². The lowest BCUT2D eigenvalue weighted by Crippen LogP contribution is -2.14. The Bertz CT molecular complexity index is 862. The van der Waals surface area contributed by atoms with Gasteiger partial charge in [-0.15, -0.1) is 11.3 Å². The fraction of sp³-hybridized carbons (Fsp3) is 0.158. The molecular formula is C19H17ClN2O2S. The number of aryl methyl sites for hydroxylation is 1. The monoisotopic (exact) mass is 372 g/mol. The fourth-order valence-electron chi connectivity index (χ4n) is 2.25. The molecule has 0 bridgehead atoms. The Morgan fingerprint density at radius 3 is 2.80 bits per heavy atom. The van der Waals surface area contributed by atoms with Gasteiger partial charge < -0.3 is 10.1 Å². The zero-order valence-electron chi connectivity index (χ0n) is 13.7. The highest BCUT2D eigenvalue weighted by Crippen LogP contribution is 2.18. The third kappa shape index (κ3) is 5.31. The Morgan fingerprint density at radius 1 is 1.24 bits per heavy atom. The summed E-state index contributed by atoms with van der Waals surface area (Å²) in [5.41, 5.74) is 2.60. The first kappa shape index (κ1) is 17.5. The first-order chi connectivity index (χ1) is 12.1. The zero-order chi connectivity index (χ0) is 17.6. The molecule has 0 aliphatic carbocycles. The maximum atomic E-state index is 12.1. The summed E-state index contributed by atoms with van der Waals surface area (Å²) in [5.74, 6) is 0.705. The number of rotatable bonds is 6. The summed E-state index contributed by atoms with van der Waals surface area (Å²) in [5, 5.41) is 6.19. The average Bonchev–Trinajstić information content (AvgIpc) is 3.02. The fourth-order valence-corrected chi connectivity index (χ4v) is 3.08. The minimum Gasteiger partial charge on any atom is -0.486 e. The number of nitrogens with zero attached hydrogens (tertiary/aromatic N) is 1. The van der Waals surface area contributed by atoms with E-state index in [0.29, 0.717) is 17.3 Å². The number of anilines is 1. The van der Waals surface area contributed by atoms with E-state index < -0.39 is 0 Å². The molecule has 0 spiro atoms. The summed E-state index contributed by atoms with van der Waals surface area (Å²) < 4.78 is 5.73. The SMILES string of the molecule is Cc1cccc(OCc2nc(CC(=O)Nc3ccc(Cl)cc3)cs2)c1. The van der Waals surface area contributed by atoms with Crippen molar-refractivity contribution in [3.8, 4) is 5.75 Å². The maximum absolute atomic E-state index is 12.1. The molecule has 4 nitrogen and oxygen atoms in total. The molecule has 1 heterocycles. The Hall–Kier alpha value is -2.37. The van der Waals surface area contributed by atoms with E-state index >= 15 is 0 Å². The van der Waals surface area contributed by atoms with Crippen LogP contribution in [0.15, 0.2) is 53.9 Å². The van der Waals surface area contributed by atoms with E-state index in [1.54, 1.807) is 24.3 Å². The quantitative estimate of drug-likeness (QED) is 0.671. The number of ether oxygens (including phenoxy) is 1. The number of nitrogens with one attached hydrogen (secondary N) is 1. The Balaban J connectivity index is 1.52. The van der Waals surface area contributed by atoms with Crippen molar-refractivity contribution in [1.29, 1.82) is 0 Å². The summed E-state index contributed by atoms with van der Waals surface area (Å²) >= 11 is 7.32. The molecule has 0 atom stereocenters. The van der Waals surface area contributed by atoms with Crippen molar-refractivity contribution in [2.45, 2.75) is 20.0 Å². The second-order valence-corrected chi connectivity index (χ2v) is 6.95. The van der Waals surface area contributed by atoms with Gasteiger partial charge in [0.05, 0.1) is 12.1 Å². The van der Waals surface area contributed by atoms with Crippen LogP contribution in [0.25, 0.3) is 0 Å². The molecule has 128 valence electrons. The Morgan fingerprint density at radius 2 is 2.04 bits per heavy atom. The number of benzene rings is 2. The van der Waals surface area contributed by atoms with E-state index in [0.717, 1.165) is 22.0 Å². The highest BCUT2D eigenvalue weighted by Gasteiger charge is 2.09. The Labute approximate surface area is 155 Å². The van der Waals surface area contributed by atoms with Crippen molar-refractivity contribution in [3.63, 3.8) is 0 Å². The standard InChI is InChI=1S/C19H17ClN2O2S/c1-13-3-2-4-17(9-13)24-11-19-22-16(12-25-19)10-18(23)21-15-7-5-14(20)6-8-15/h2-9,12H,10-11H2,1H3,(H,21,23). The van der Waals surface area contributed by atoms with Gasteiger partial charge in [-0.05, 0) is 48.9 Å². The normalized spacial score (nSPS) is 10.5. The van der Waals surface area contributed by atoms with Crippen LogP contribution >= 0.6 is 22.9 Å². The van der Waals surface area contributed by atoms with Crippen LogP contribution in [0, 0.1) is 6.92 Å². The highest BCUT2D eigenvalue weighted by atomic mass is 35.5. The first-order valence-corrected chi connectivity index (χ1v) is 9.02. The number of thiazole rings is 1. The number of halogens is 1. The van der Waals surface area contributed by atoms with Gasteiger partial charge in [0.1, 0.15) is 17.4 Å². The van der Waals surface area contributed by atoms with Gasteiger partial charge in [0, 0.05) is 16.1 Å². The number of amides is 1. The molecule has 0 radical (unpaired) electrons. The van der Waals surface area contributed by atoms with E-state index in [1.165, 1.54) is 11.3 Å². The predicted molar refractivity (Wildman–Crippen MR) is 101 cm³/mol. The van der Waals surface area contributed by atoms with Crippen molar-refractivity contribution >= 4 is 34.5 Å².